The molecule has 0 spiro atoms. The number of aliphatic hydroxyl groups excluding tert-OH is 3. The second-order valence-corrected chi connectivity index (χ2v) is 6.67. The van der Waals surface area contributed by atoms with Crippen LogP contribution in [0.15, 0.2) is 29.3 Å². The highest BCUT2D eigenvalue weighted by Crippen LogP contribution is 2.36. The van der Waals surface area contributed by atoms with Gasteiger partial charge in [0.2, 0.25) is 0 Å². The molecule has 0 bridgehead atoms. The van der Waals surface area contributed by atoms with E-state index in [0.717, 1.165) is 10.7 Å². The molecule has 2 heterocycles. The number of benzene rings is 1. The first-order valence-electron chi connectivity index (χ1n) is 6.79. The molecule has 2 fully saturated rings. The second kappa shape index (κ2) is 6.14. The van der Waals surface area contributed by atoms with Crippen molar-refractivity contribution in [3.63, 3.8) is 0 Å². The first-order chi connectivity index (χ1) is 10.1. The maximum atomic E-state index is 10.0. The lowest BCUT2D eigenvalue weighted by molar-refractivity contribution is 0.0206. The van der Waals surface area contributed by atoms with E-state index in [2.05, 4.69) is 4.99 Å². The van der Waals surface area contributed by atoms with Crippen LogP contribution < -0.4 is 0 Å². The fraction of sp³-hybridized carbons (Fsp3) is 0.500. The molecule has 0 unspecified atom stereocenters. The lowest BCUT2D eigenvalue weighted by atomic mass is 10.1. The van der Waals surface area contributed by atoms with Gasteiger partial charge < -0.3 is 20.2 Å². The minimum Gasteiger partial charge on any atom is -0.394 e. The van der Waals surface area contributed by atoms with Crippen molar-refractivity contribution in [2.45, 2.75) is 30.8 Å². The molecule has 1 aromatic rings. The van der Waals surface area contributed by atoms with Crippen LogP contribution in [0, 0.1) is 0 Å². The molecule has 3 rings (SSSR count). The highest BCUT2D eigenvalue weighted by molar-refractivity contribution is 8.14. The zero-order valence-electron chi connectivity index (χ0n) is 11.3. The summed E-state index contributed by atoms with van der Waals surface area (Å²) in [6, 6.07) is 6.83. The predicted molar refractivity (Wildman–Crippen MR) is 83.6 cm³/mol. The number of thioether (sulfide) groups is 1. The Morgan fingerprint density at radius 3 is 2.86 bits per heavy atom. The maximum Gasteiger partial charge on any atom is 0.160 e. The van der Waals surface area contributed by atoms with E-state index in [4.69, 9.17) is 11.6 Å². The molecule has 0 aliphatic carbocycles. The maximum absolute atomic E-state index is 10.0. The lowest BCUT2D eigenvalue weighted by Gasteiger charge is -2.24. The Bertz CT molecular complexity index is 555. The monoisotopic (exact) mass is 328 g/mol. The number of rotatable bonds is 3. The summed E-state index contributed by atoms with van der Waals surface area (Å²) in [5, 5.41) is 30.9. The first kappa shape index (κ1) is 15.1. The van der Waals surface area contributed by atoms with Crippen molar-refractivity contribution in [2.24, 2.45) is 4.99 Å². The molecule has 0 amide bonds. The number of nitrogens with zero attached hydrogens (tertiary/aromatic N) is 2. The summed E-state index contributed by atoms with van der Waals surface area (Å²) in [5.41, 5.74) is 1.000. The van der Waals surface area contributed by atoms with E-state index in [-0.39, 0.29) is 12.6 Å². The van der Waals surface area contributed by atoms with Crippen LogP contribution in [0.2, 0.25) is 5.02 Å². The third kappa shape index (κ3) is 2.78. The molecule has 3 N–H and O–H groups in total. The molecule has 2 aliphatic heterocycles. The summed E-state index contributed by atoms with van der Waals surface area (Å²) in [4.78, 5) is 6.41. The Kier molecular flexibility index (Phi) is 4.42. The Morgan fingerprint density at radius 2 is 2.14 bits per heavy atom. The van der Waals surface area contributed by atoms with Crippen molar-refractivity contribution in [3.05, 3.63) is 34.9 Å². The Balaban J connectivity index is 1.78. The van der Waals surface area contributed by atoms with Crippen LogP contribution in [-0.4, -0.2) is 62.0 Å². The Labute approximate surface area is 132 Å². The molecule has 114 valence electrons. The summed E-state index contributed by atoms with van der Waals surface area (Å²) in [6.45, 7) is 0.280. The molecule has 21 heavy (non-hydrogen) atoms. The molecule has 0 radical (unpaired) electrons. The minimum atomic E-state index is -0.933. The van der Waals surface area contributed by atoms with Gasteiger partial charge in [-0.25, -0.2) is 0 Å². The van der Waals surface area contributed by atoms with Crippen LogP contribution in [0.1, 0.15) is 5.56 Å². The zero-order valence-corrected chi connectivity index (χ0v) is 12.8. The number of hydrogen-bond acceptors (Lipinski definition) is 5. The fourth-order valence-electron chi connectivity index (χ4n) is 2.84. The quantitative estimate of drug-likeness (QED) is 0.762. The van der Waals surface area contributed by atoms with Crippen LogP contribution in [0.25, 0.3) is 0 Å². The molecular formula is C14H17ClN2O3S. The number of hydrogen-bond donors (Lipinski definition) is 3. The van der Waals surface area contributed by atoms with Crippen molar-refractivity contribution in [2.75, 3.05) is 12.4 Å². The topological polar surface area (TPSA) is 76.3 Å². The lowest BCUT2D eigenvalue weighted by Crippen LogP contribution is -2.41. The van der Waals surface area contributed by atoms with Gasteiger partial charge in [0.15, 0.2) is 5.17 Å². The molecular weight excluding hydrogens is 312 g/mol. The summed E-state index contributed by atoms with van der Waals surface area (Å²) in [5.74, 6) is 0.670. The van der Waals surface area contributed by atoms with Gasteiger partial charge >= 0.3 is 0 Å². The van der Waals surface area contributed by atoms with Gasteiger partial charge in [0.05, 0.1) is 25.2 Å². The van der Waals surface area contributed by atoms with E-state index in [1.165, 1.54) is 0 Å². The van der Waals surface area contributed by atoms with Crippen LogP contribution in [-0.2, 0) is 6.54 Å². The van der Waals surface area contributed by atoms with E-state index in [0.29, 0.717) is 17.3 Å². The average molecular weight is 329 g/mol. The number of amidine groups is 1. The Hall–Kier alpha value is -0.790. The minimum absolute atomic E-state index is 0.180. The van der Waals surface area contributed by atoms with Crippen LogP contribution in [0.5, 0.6) is 0 Å². The summed E-state index contributed by atoms with van der Waals surface area (Å²) >= 11 is 7.49. The summed E-state index contributed by atoms with van der Waals surface area (Å²) in [7, 11) is 0. The van der Waals surface area contributed by atoms with E-state index >= 15 is 0 Å². The number of aliphatic imine (C=N–C) groups is 1. The van der Waals surface area contributed by atoms with Crippen molar-refractivity contribution in [3.8, 4) is 0 Å². The molecule has 1 aromatic carbocycles. The van der Waals surface area contributed by atoms with Gasteiger partial charge in [-0.05, 0) is 17.7 Å². The van der Waals surface area contributed by atoms with Gasteiger partial charge in [-0.1, -0.05) is 35.5 Å². The number of aliphatic hydroxyl groups is 3. The van der Waals surface area contributed by atoms with Gasteiger partial charge in [-0.2, -0.15) is 0 Å². The summed E-state index contributed by atoms with van der Waals surface area (Å²) in [6.07, 6.45) is -1.77. The molecule has 5 nitrogen and oxygen atoms in total. The van der Waals surface area contributed by atoms with E-state index in [1.54, 1.807) is 11.8 Å². The third-order valence-electron chi connectivity index (χ3n) is 3.93. The highest BCUT2D eigenvalue weighted by Gasteiger charge is 2.51. The van der Waals surface area contributed by atoms with Gasteiger partial charge in [-0.3, -0.25) is 4.99 Å². The smallest absolute Gasteiger partial charge is 0.160 e. The molecule has 7 heteroatoms. The van der Waals surface area contributed by atoms with Gasteiger partial charge in [0, 0.05) is 10.8 Å². The van der Waals surface area contributed by atoms with Crippen molar-refractivity contribution < 1.29 is 15.3 Å². The SMILES string of the molecule is OC[C@H]1[C@H](O)[C@@H](O)[C@@H]2CSC(=NCc3cccc(Cl)c3)N12. The van der Waals surface area contributed by atoms with Crippen LogP contribution >= 0.6 is 23.4 Å². The fourth-order valence-corrected chi connectivity index (χ4v) is 4.31. The Morgan fingerprint density at radius 1 is 1.33 bits per heavy atom. The average Bonchev–Trinajstić information content (AvgIpc) is 2.98. The van der Waals surface area contributed by atoms with Crippen LogP contribution in [0.3, 0.4) is 0 Å². The molecule has 2 aliphatic rings. The third-order valence-corrected chi connectivity index (χ3v) is 5.27. The zero-order chi connectivity index (χ0) is 15.0. The summed E-state index contributed by atoms with van der Waals surface area (Å²) < 4.78 is 0. The molecule has 0 saturated carbocycles. The number of halogens is 1. The van der Waals surface area contributed by atoms with Gasteiger partial charge in [-0.15, -0.1) is 0 Å². The molecule has 0 aromatic heterocycles. The van der Waals surface area contributed by atoms with Crippen molar-refractivity contribution >= 4 is 28.5 Å². The normalized spacial score (nSPS) is 33.7. The van der Waals surface area contributed by atoms with E-state index < -0.39 is 18.2 Å². The van der Waals surface area contributed by atoms with E-state index in [1.807, 2.05) is 29.2 Å². The predicted octanol–water partition coefficient (Wildman–Crippen LogP) is 0.710. The van der Waals surface area contributed by atoms with Crippen LogP contribution in [0.4, 0.5) is 0 Å². The van der Waals surface area contributed by atoms with Crippen molar-refractivity contribution in [1.82, 2.24) is 4.90 Å². The molecule has 2 saturated heterocycles. The number of fused-ring (bicyclic) bond motifs is 1. The molecule has 4 atom stereocenters. The van der Waals surface area contributed by atoms with E-state index in [9.17, 15) is 15.3 Å². The largest absolute Gasteiger partial charge is 0.394 e. The standard InChI is InChI=1S/C14H17ClN2O3S/c15-9-3-1-2-8(4-9)5-16-14-17-10(6-18)12(19)13(20)11(17)7-21-14/h1-4,10-13,18-20H,5-7H2/t10-,11-,12-,13-/m0/s1. The van der Waals surface area contributed by atoms with Crippen molar-refractivity contribution in [1.29, 1.82) is 0 Å². The highest BCUT2D eigenvalue weighted by atomic mass is 35.5. The second-order valence-electron chi connectivity index (χ2n) is 5.25. The van der Waals surface area contributed by atoms with Gasteiger partial charge in [0.1, 0.15) is 12.2 Å². The van der Waals surface area contributed by atoms with Gasteiger partial charge in [0.25, 0.3) is 0 Å². The first-order valence-corrected chi connectivity index (χ1v) is 8.15.